The maximum atomic E-state index is 14.2. The Hall–Kier alpha value is -5.81. The van der Waals surface area contributed by atoms with Gasteiger partial charge in [0.05, 0.1) is 24.7 Å². The van der Waals surface area contributed by atoms with E-state index in [2.05, 4.69) is 43.8 Å². The molecule has 1 spiro atoms. The number of ether oxygens (including phenoxy) is 1. The second-order valence-electron chi connectivity index (χ2n) is 18.3. The van der Waals surface area contributed by atoms with E-state index in [-0.39, 0.29) is 60.9 Å². The number of hydrogen-bond donors (Lipinski definition) is 1. The molecular weight excluding hydrogens is 871 g/mol. The molecule has 12 nitrogen and oxygen atoms in total. The minimum absolute atomic E-state index is 0.114. The number of amides is 3. The predicted molar refractivity (Wildman–Crippen MR) is 243 cm³/mol. The number of carbonyl (C=O) groups excluding carboxylic acids is 4. The lowest BCUT2D eigenvalue weighted by Gasteiger charge is -2.47. The molecule has 66 heavy (non-hydrogen) atoms. The van der Waals surface area contributed by atoms with E-state index in [1.165, 1.54) is 6.92 Å². The normalized spacial score (nSPS) is 18.5. The Morgan fingerprint density at radius 1 is 0.864 bits per heavy atom. The first-order chi connectivity index (χ1) is 31.3. The SMILES string of the molecule is CC(=O)N1CCCc2cc3c(cc21)C(C)(C)c1cc2c(cc1C31OC(=O)c3ccc(C(=O)NCc4ccc(OP(OCCC#N)N(C(C)C)C(C)C)cc4)cc31)CCCN2C(=O)C(F)(F)F. The van der Waals surface area contributed by atoms with Gasteiger partial charge in [-0.15, -0.1) is 0 Å². The summed E-state index contributed by atoms with van der Waals surface area (Å²) in [6.45, 7) is 14.4. The zero-order chi connectivity index (χ0) is 47.5. The molecule has 1 N–H and O–H groups in total. The number of carbonyl (C=O) groups is 4. The van der Waals surface area contributed by atoms with Crippen molar-refractivity contribution in [1.82, 2.24) is 9.99 Å². The monoisotopic (exact) mass is 923 g/mol. The van der Waals surface area contributed by atoms with Crippen LogP contribution in [0.2, 0.25) is 0 Å². The zero-order valence-electron chi connectivity index (χ0n) is 38.1. The number of nitrogens with zero attached hydrogens (tertiary/aromatic N) is 4. The van der Waals surface area contributed by atoms with Crippen LogP contribution in [0, 0.1) is 11.3 Å². The minimum Gasteiger partial charge on any atom is -0.441 e. The molecule has 4 aromatic carbocycles. The molecular formula is C50H53F3N5O7P. The first-order valence-corrected chi connectivity index (χ1v) is 23.4. The van der Waals surface area contributed by atoms with Crippen molar-refractivity contribution in [1.29, 1.82) is 5.26 Å². The molecule has 3 heterocycles. The molecule has 4 aliphatic rings. The van der Waals surface area contributed by atoms with Crippen LogP contribution in [0.1, 0.15) is 133 Å². The lowest BCUT2D eigenvalue weighted by Crippen LogP contribution is -2.46. The molecule has 2 atom stereocenters. The van der Waals surface area contributed by atoms with Crippen molar-refractivity contribution < 1.29 is 46.1 Å². The second kappa shape index (κ2) is 17.8. The van der Waals surface area contributed by atoms with Gasteiger partial charge in [-0.25, -0.2) is 9.46 Å². The van der Waals surface area contributed by atoms with Crippen molar-refractivity contribution in [2.45, 2.75) is 116 Å². The third kappa shape index (κ3) is 8.22. The maximum absolute atomic E-state index is 14.2. The zero-order valence-corrected chi connectivity index (χ0v) is 39.0. The number of anilines is 2. The maximum Gasteiger partial charge on any atom is 0.471 e. The van der Waals surface area contributed by atoms with Gasteiger partial charge < -0.3 is 28.9 Å². The van der Waals surface area contributed by atoms with Crippen molar-refractivity contribution in [2.24, 2.45) is 0 Å². The van der Waals surface area contributed by atoms with E-state index in [0.717, 1.165) is 16.0 Å². The molecule has 1 aliphatic carbocycles. The first-order valence-electron chi connectivity index (χ1n) is 22.3. The van der Waals surface area contributed by atoms with Crippen LogP contribution in [0.3, 0.4) is 0 Å². The van der Waals surface area contributed by atoms with Gasteiger partial charge in [0.1, 0.15) is 5.75 Å². The Bertz CT molecular complexity index is 2650. The van der Waals surface area contributed by atoms with Crippen LogP contribution in [0.25, 0.3) is 0 Å². The van der Waals surface area contributed by atoms with Crippen molar-refractivity contribution in [2.75, 3.05) is 29.5 Å². The third-order valence-corrected chi connectivity index (χ3v) is 15.1. The molecule has 0 saturated carbocycles. The number of alkyl halides is 3. The molecule has 0 fully saturated rings. The molecule has 3 aliphatic heterocycles. The van der Waals surface area contributed by atoms with Gasteiger partial charge >= 0.3 is 26.6 Å². The standard InChI is InChI=1S/C50H53F3N5O7P/c1-29(2)58(30(3)4)66(63-22-10-19-54)65-36-16-13-32(14-17-36)28-55-45(60)35-15-18-37-38(25-35)49(64-46(37)61)41-23-33-11-8-20-56(31(5)59)43(33)26-39(41)48(6,7)40-27-44-34(24-42(40)49)12-9-21-57(44)47(62)50(51,52)53/h13-18,23-27,29-30H,8-12,20-22,28H2,1-7H3,(H,55,60). The number of nitriles is 1. The molecule has 346 valence electrons. The fraction of sp³-hybridized carbons (Fsp3) is 0.420. The minimum atomic E-state index is -5.10. The number of nitrogens with one attached hydrogen (secondary N) is 1. The number of fused-ring (bicyclic) bond motifs is 8. The summed E-state index contributed by atoms with van der Waals surface area (Å²) in [6, 6.07) is 21.8. The fourth-order valence-corrected chi connectivity index (χ4v) is 11.6. The van der Waals surface area contributed by atoms with Crippen molar-refractivity contribution in [3.05, 3.63) is 122 Å². The molecule has 8 rings (SSSR count). The smallest absolute Gasteiger partial charge is 0.441 e. The molecule has 0 aromatic heterocycles. The van der Waals surface area contributed by atoms with Crippen LogP contribution in [0.4, 0.5) is 24.5 Å². The largest absolute Gasteiger partial charge is 0.471 e. The molecule has 2 unspecified atom stereocenters. The summed E-state index contributed by atoms with van der Waals surface area (Å²) in [7, 11) is -1.51. The molecule has 16 heteroatoms. The summed E-state index contributed by atoms with van der Waals surface area (Å²) in [6.07, 6.45) is -2.83. The van der Waals surface area contributed by atoms with Gasteiger partial charge in [0, 0.05) is 77.7 Å². The van der Waals surface area contributed by atoms with Crippen molar-refractivity contribution in [3.8, 4) is 11.8 Å². The van der Waals surface area contributed by atoms with Crippen molar-refractivity contribution >= 4 is 43.6 Å². The van der Waals surface area contributed by atoms with E-state index in [1.54, 1.807) is 47.4 Å². The molecule has 4 aromatic rings. The van der Waals surface area contributed by atoms with Gasteiger partial charge in [-0.2, -0.15) is 18.4 Å². The van der Waals surface area contributed by atoms with Crippen LogP contribution >= 0.6 is 8.53 Å². The topological polar surface area (TPSA) is 142 Å². The van der Waals surface area contributed by atoms with E-state index >= 15 is 0 Å². The van der Waals surface area contributed by atoms with Crippen molar-refractivity contribution in [3.63, 3.8) is 0 Å². The van der Waals surface area contributed by atoms with Crippen LogP contribution in [0.5, 0.6) is 5.75 Å². The third-order valence-electron chi connectivity index (χ3n) is 13.0. The summed E-state index contributed by atoms with van der Waals surface area (Å²) >= 11 is 0. The van der Waals surface area contributed by atoms with E-state index in [1.807, 2.05) is 38.1 Å². The van der Waals surface area contributed by atoms with Gasteiger partial charge in [-0.05, 0) is 136 Å². The Kier molecular flexibility index (Phi) is 12.6. The predicted octanol–water partition coefficient (Wildman–Crippen LogP) is 9.51. The first kappa shape index (κ1) is 46.7. The Balaban J connectivity index is 1.17. The lowest BCUT2D eigenvalue weighted by atomic mass is 9.60. The van der Waals surface area contributed by atoms with Gasteiger partial charge in [-0.1, -0.05) is 26.0 Å². The Labute approximate surface area is 384 Å². The molecule has 0 radical (unpaired) electrons. The number of rotatable bonds is 11. The molecule has 0 saturated heterocycles. The van der Waals surface area contributed by atoms with Gasteiger partial charge in [0.2, 0.25) is 5.91 Å². The van der Waals surface area contributed by atoms with Gasteiger partial charge in [0.25, 0.3) is 5.91 Å². The molecule has 3 amide bonds. The van der Waals surface area contributed by atoms with E-state index < -0.39 is 43.5 Å². The van der Waals surface area contributed by atoms with E-state index in [4.69, 9.17) is 19.0 Å². The van der Waals surface area contributed by atoms with Crippen LogP contribution in [-0.2, 0) is 49.3 Å². The highest BCUT2D eigenvalue weighted by molar-refractivity contribution is 7.45. The summed E-state index contributed by atoms with van der Waals surface area (Å²) in [5.74, 6) is -2.57. The molecule has 0 bridgehead atoms. The second-order valence-corrected chi connectivity index (χ2v) is 19.7. The fourth-order valence-electron chi connectivity index (χ4n) is 9.99. The lowest BCUT2D eigenvalue weighted by molar-refractivity contribution is -0.170. The van der Waals surface area contributed by atoms with Crippen LogP contribution in [-0.4, -0.2) is 66.3 Å². The van der Waals surface area contributed by atoms with Crippen LogP contribution < -0.4 is 19.6 Å². The summed E-state index contributed by atoms with van der Waals surface area (Å²) in [4.78, 5) is 56.6. The number of esters is 1. The van der Waals surface area contributed by atoms with Crippen LogP contribution in [0.15, 0.2) is 66.7 Å². The quantitative estimate of drug-likeness (QED) is 0.0885. The van der Waals surface area contributed by atoms with Gasteiger partial charge in [0.15, 0.2) is 5.60 Å². The number of benzene rings is 4. The summed E-state index contributed by atoms with van der Waals surface area (Å²) in [5.41, 5.74) is 3.78. The number of halogens is 3. The Morgan fingerprint density at radius 3 is 2.02 bits per heavy atom. The highest BCUT2D eigenvalue weighted by atomic mass is 31.2. The Morgan fingerprint density at radius 2 is 1.45 bits per heavy atom. The van der Waals surface area contributed by atoms with E-state index in [9.17, 15) is 32.3 Å². The number of aryl methyl sites for hydroxylation is 2. The average Bonchev–Trinajstić information content (AvgIpc) is 3.57. The summed E-state index contributed by atoms with van der Waals surface area (Å²) in [5, 5.41) is 12.1. The summed E-state index contributed by atoms with van der Waals surface area (Å²) < 4.78 is 63.2. The highest BCUT2D eigenvalue weighted by Crippen LogP contribution is 2.59. The van der Waals surface area contributed by atoms with E-state index in [0.29, 0.717) is 77.0 Å². The highest BCUT2D eigenvalue weighted by Gasteiger charge is 2.57. The number of hydrogen-bond acceptors (Lipinski definition) is 9. The van der Waals surface area contributed by atoms with Gasteiger partial charge in [-0.3, -0.25) is 14.4 Å². The average molecular weight is 924 g/mol.